The Bertz CT molecular complexity index is 332. The Balaban J connectivity index is 2.02. The number of carbonyl (C=O) groups excluding carboxylic acids is 2. The van der Waals surface area contributed by atoms with E-state index in [0.717, 1.165) is 32.6 Å². The van der Waals surface area contributed by atoms with Gasteiger partial charge in [-0.05, 0) is 19.8 Å². The van der Waals surface area contributed by atoms with Gasteiger partial charge in [-0.2, -0.15) is 0 Å². The zero-order valence-electron chi connectivity index (χ0n) is 11.3. The lowest BCUT2D eigenvalue weighted by Gasteiger charge is -2.36. The van der Waals surface area contributed by atoms with Gasteiger partial charge in [0, 0.05) is 38.6 Å². The Labute approximate surface area is 108 Å². The molecule has 2 fully saturated rings. The van der Waals surface area contributed by atoms with Crippen LogP contribution in [0.25, 0.3) is 0 Å². The molecule has 0 spiro atoms. The summed E-state index contributed by atoms with van der Waals surface area (Å²) in [5.41, 5.74) is 0. The van der Waals surface area contributed by atoms with Gasteiger partial charge < -0.3 is 15.1 Å². The predicted molar refractivity (Wildman–Crippen MR) is 69.1 cm³/mol. The van der Waals surface area contributed by atoms with Gasteiger partial charge in [0.05, 0.1) is 0 Å². The third-order valence-corrected chi connectivity index (χ3v) is 3.84. The summed E-state index contributed by atoms with van der Waals surface area (Å²) in [6.45, 7) is 7.16. The molecular formula is C13H23N3O2. The van der Waals surface area contributed by atoms with Crippen molar-refractivity contribution in [1.29, 1.82) is 0 Å². The molecule has 0 radical (unpaired) electrons. The van der Waals surface area contributed by atoms with Gasteiger partial charge >= 0.3 is 0 Å². The largest absolute Gasteiger partial charge is 0.338 e. The molecule has 102 valence electrons. The molecule has 0 aromatic rings. The maximum Gasteiger partial charge on any atom is 0.245 e. The van der Waals surface area contributed by atoms with Crippen molar-refractivity contribution in [2.75, 3.05) is 26.2 Å². The van der Waals surface area contributed by atoms with Gasteiger partial charge in [0.1, 0.15) is 6.04 Å². The maximum atomic E-state index is 12.5. The molecule has 5 nitrogen and oxygen atoms in total. The van der Waals surface area contributed by atoms with Gasteiger partial charge in [-0.1, -0.05) is 6.92 Å². The van der Waals surface area contributed by atoms with Crippen molar-refractivity contribution in [3.8, 4) is 0 Å². The van der Waals surface area contributed by atoms with Gasteiger partial charge in [-0.15, -0.1) is 0 Å². The topological polar surface area (TPSA) is 52.7 Å². The molecule has 18 heavy (non-hydrogen) atoms. The molecule has 1 N–H and O–H groups in total. The minimum absolute atomic E-state index is 0.126. The van der Waals surface area contributed by atoms with Crippen LogP contribution in [-0.4, -0.2) is 59.9 Å². The molecule has 0 bridgehead atoms. The third-order valence-electron chi connectivity index (χ3n) is 3.84. The smallest absolute Gasteiger partial charge is 0.245 e. The molecule has 2 amide bonds. The second-order valence-electron chi connectivity index (χ2n) is 5.25. The number of piperazine rings is 1. The summed E-state index contributed by atoms with van der Waals surface area (Å²) in [6.07, 6.45) is 2.20. The van der Waals surface area contributed by atoms with Crippen LogP contribution in [0.3, 0.4) is 0 Å². The molecule has 2 unspecified atom stereocenters. The van der Waals surface area contributed by atoms with Gasteiger partial charge in [0.15, 0.2) is 0 Å². The molecule has 0 aliphatic carbocycles. The molecule has 0 aromatic heterocycles. The van der Waals surface area contributed by atoms with Crippen LogP contribution >= 0.6 is 0 Å². The van der Waals surface area contributed by atoms with Crippen LogP contribution in [0.15, 0.2) is 0 Å². The van der Waals surface area contributed by atoms with E-state index in [-0.39, 0.29) is 17.9 Å². The molecule has 2 aliphatic rings. The molecule has 5 heteroatoms. The summed E-state index contributed by atoms with van der Waals surface area (Å²) in [6, 6.07) is 0.0970. The van der Waals surface area contributed by atoms with E-state index in [1.807, 2.05) is 11.8 Å². The molecule has 2 saturated heterocycles. The Hall–Kier alpha value is -1.10. The summed E-state index contributed by atoms with van der Waals surface area (Å²) in [4.78, 5) is 28.0. The quantitative estimate of drug-likeness (QED) is 0.782. The Morgan fingerprint density at radius 2 is 2.28 bits per heavy atom. The second-order valence-corrected chi connectivity index (χ2v) is 5.25. The fourth-order valence-electron chi connectivity index (χ4n) is 2.87. The average molecular weight is 253 g/mol. The SMILES string of the molecule is CCC(C(=O)N1CCNC(C)C1)N1CCCC1=O. The monoisotopic (exact) mass is 253 g/mol. The summed E-state index contributed by atoms with van der Waals surface area (Å²) in [5.74, 6) is 0.263. The van der Waals surface area contributed by atoms with Crippen LogP contribution < -0.4 is 5.32 Å². The van der Waals surface area contributed by atoms with Gasteiger partial charge in [-0.3, -0.25) is 9.59 Å². The minimum Gasteiger partial charge on any atom is -0.338 e. The van der Waals surface area contributed by atoms with Gasteiger partial charge in [0.25, 0.3) is 0 Å². The van der Waals surface area contributed by atoms with Crippen molar-refractivity contribution < 1.29 is 9.59 Å². The Kier molecular flexibility index (Phi) is 4.22. The lowest BCUT2D eigenvalue weighted by Crippen LogP contribution is -2.56. The fourth-order valence-corrected chi connectivity index (χ4v) is 2.87. The number of hydrogen-bond acceptors (Lipinski definition) is 3. The highest BCUT2D eigenvalue weighted by Gasteiger charge is 2.34. The average Bonchev–Trinajstić information content (AvgIpc) is 2.77. The summed E-state index contributed by atoms with van der Waals surface area (Å²) in [7, 11) is 0. The van der Waals surface area contributed by atoms with Crippen molar-refractivity contribution in [2.45, 2.75) is 45.2 Å². The van der Waals surface area contributed by atoms with Crippen LogP contribution in [0.2, 0.25) is 0 Å². The molecule has 2 heterocycles. The van der Waals surface area contributed by atoms with E-state index >= 15 is 0 Å². The van der Waals surface area contributed by atoms with Crippen LogP contribution in [0, 0.1) is 0 Å². The second kappa shape index (κ2) is 5.69. The summed E-state index contributed by atoms with van der Waals surface area (Å²) in [5, 5.41) is 3.33. The van der Waals surface area contributed by atoms with Gasteiger partial charge in [0.2, 0.25) is 11.8 Å². The standard InChI is InChI=1S/C13H23N3O2/c1-3-11(16-7-4-5-12(16)17)13(18)15-8-6-14-10(2)9-15/h10-11,14H,3-9H2,1-2H3. The lowest BCUT2D eigenvalue weighted by atomic mass is 10.1. The first kappa shape index (κ1) is 13.3. The van der Waals surface area contributed by atoms with Crippen LogP contribution in [0.1, 0.15) is 33.1 Å². The van der Waals surface area contributed by atoms with E-state index in [1.54, 1.807) is 4.90 Å². The van der Waals surface area contributed by atoms with Crippen LogP contribution in [0.5, 0.6) is 0 Å². The summed E-state index contributed by atoms with van der Waals surface area (Å²) < 4.78 is 0. The molecule has 2 rings (SSSR count). The molecule has 0 aromatic carbocycles. The first-order valence-electron chi connectivity index (χ1n) is 6.95. The van der Waals surface area contributed by atoms with Crippen LogP contribution in [0.4, 0.5) is 0 Å². The van der Waals surface area contributed by atoms with Crippen molar-refractivity contribution in [1.82, 2.24) is 15.1 Å². The van der Waals surface area contributed by atoms with E-state index in [1.165, 1.54) is 0 Å². The number of rotatable bonds is 3. The number of likely N-dealkylation sites (tertiary alicyclic amines) is 1. The Morgan fingerprint density at radius 1 is 1.50 bits per heavy atom. The lowest BCUT2D eigenvalue weighted by molar-refractivity contribution is -0.144. The first-order valence-corrected chi connectivity index (χ1v) is 6.95. The highest BCUT2D eigenvalue weighted by molar-refractivity contribution is 5.88. The third kappa shape index (κ3) is 2.66. The van der Waals surface area contributed by atoms with Gasteiger partial charge in [-0.25, -0.2) is 0 Å². The van der Waals surface area contributed by atoms with Crippen molar-refractivity contribution >= 4 is 11.8 Å². The highest BCUT2D eigenvalue weighted by atomic mass is 16.2. The first-order chi connectivity index (χ1) is 8.63. The van der Waals surface area contributed by atoms with E-state index in [2.05, 4.69) is 12.2 Å². The number of amides is 2. The van der Waals surface area contributed by atoms with Crippen LogP contribution in [-0.2, 0) is 9.59 Å². The zero-order valence-corrected chi connectivity index (χ0v) is 11.3. The molecule has 2 aliphatic heterocycles. The Morgan fingerprint density at radius 3 is 2.83 bits per heavy atom. The van der Waals surface area contributed by atoms with E-state index < -0.39 is 0 Å². The van der Waals surface area contributed by atoms with E-state index in [4.69, 9.17) is 0 Å². The highest BCUT2D eigenvalue weighted by Crippen LogP contribution is 2.18. The maximum absolute atomic E-state index is 12.5. The molecule has 0 saturated carbocycles. The van der Waals surface area contributed by atoms with E-state index in [0.29, 0.717) is 18.9 Å². The number of nitrogens with zero attached hydrogens (tertiary/aromatic N) is 2. The van der Waals surface area contributed by atoms with E-state index in [9.17, 15) is 9.59 Å². The normalized spacial score (nSPS) is 26.6. The molecule has 2 atom stereocenters. The van der Waals surface area contributed by atoms with Crippen molar-refractivity contribution in [3.63, 3.8) is 0 Å². The minimum atomic E-state index is -0.245. The fraction of sp³-hybridized carbons (Fsp3) is 0.846. The van der Waals surface area contributed by atoms with Crippen molar-refractivity contribution in [2.24, 2.45) is 0 Å². The van der Waals surface area contributed by atoms with Crippen molar-refractivity contribution in [3.05, 3.63) is 0 Å². The predicted octanol–water partition coefficient (Wildman–Crippen LogP) is 0.208. The zero-order chi connectivity index (χ0) is 13.1. The number of carbonyl (C=O) groups is 2. The summed E-state index contributed by atoms with van der Waals surface area (Å²) >= 11 is 0. The molecular weight excluding hydrogens is 230 g/mol. The number of nitrogens with one attached hydrogen (secondary N) is 1. The number of hydrogen-bond donors (Lipinski definition) is 1.